The van der Waals surface area contributed by atoms with Gasteiger partial charge in [-0.1, -0.05) is 0 Å². The van der Waals surface area contributed by atoms with Crippen molar-refractivity contribution >= 4 is 0 Å². The number of ether oxygens (including phenoxy) is 1. The summed E-state index contributed by atoms with van der Waals surface area (Å²) >= 11 is 0. The molecule has 88 valence electrons. The van der Waals surface area contributed by atoms with Gasteiger partial charge in [-0.25, -0.2) is 0 Å². The Kier molecular flexibility index (Phi) is 3.33. The highest BCUT2D eigenvalue weighted by Gasteiger charge is 2.47. The Balaban J connectivity index is 1.73. The van der Waals surface area contributed by atoms with Gasteiger partial charge in [0.1, 0.15) is 0 Å². The van der Waals surface area contributed by atoms with Gasteiger partial charge in [-0.15, -0.1) is 0 Å². The van der Waals surface area contributed by atoms with E-state index in [9.17, 15) is 0 Å². The molecule has 15 heavy (non-hydrogen) atoms. The summed E-state index contributed by atoms with van der Waals surface area (Å²) in [5, 5.41) is 0. The molecule has 2 rings (SSSR count). The zero-order valence-corrected chi connectivity index (χ0v) is 10.3. The molecule has 2 saturated heterocycles. The number of methoxy groups -OCH3 is 1. The lowest BCUT2D eigenvalue weighted by molar-refractivity contribution is -0.00833. The van der Waals surface area contributed by atoms with Gasteiger partial charge in [0.05, 0.1) is 6.61 Å². The topological polar surface area (TPSA) is 15.7 Å². The fraction of sp³-hybridized carbons (Fsp3) is 1.00. The van der Waals surface area contributed by atoms with Crippen molar-refractivity contribution < 1.29 is 4.74 Å². The average molecular weight is 212 g/mol. The largest absolute Gasteiger partial charge is 0.383 e. The summed E-state index contributed by atoms with van der Waals surface area (Å²) in [5.74, 6) is 0. The number of likely N-dealkylation sites (tertiary alicyclic amines) is 2. The highest BCUT2D eigenvalue weighted by Crippen LogP contribution is 2.39. The maximum absolute atomic E-state index is 5.11. The van der Waals surface area contributed by atoms with Crippen LogP contribution in [0.1, 0.15) is 20.3 Å². The van der Waals surface area contributed by atoms with Crippen LogP contribution in [0.3, 0.4) is 0 Å². The zero-order valence-electron chi connectivity index (χ0n) is 10.3. The summed E-state index contributed by atoms with van der Waals surface area (Å²) in [6.07, 6.45) is 1.40. The van der Waals surface area contributed by atoms with E-state index in [1.165, 1.54) is 32.6 Å². The zero-order chi connectivity index (χ0) is 10.9. The predicted octanol–water partition coefficient (Wildman–Crippen LogP) is 1.05. The summed E-state index contributed by atoms with van der Waals surface area (Å²) in [6, 6.07) is 0.720. The second-order valence-corrected chi connectivity index (χ2v) is 5.52. The van der Waals surface area contributed by atoms with Gasteiger partial charge < -0.3 is 9.64 Å². The third-order valence-corrected chi connectivity index (χ3v) is 3.93. The number of rotatable bonds is 4. The van der Waals surface area contributed by atoms with Crippen molar-refractivity contribution in [3.8, 4) is 0 Å². The van der Waals surface area contributed by atoms with Gasteiger partial charge in [0.15, 0.2) is 0 Å². The normalized spacial score (nSPS) is 26.4. The maximum Gasteiger partial charge on any atom is 0.0589 e. The molecule has 1 spiro atoms. The smallest absolute Gasteiger partial charge is 0.0589 e. The first-order valence-electron chi connectivity index (χ1n) is 6.11. The molecule has 2 fully saturated rings. The average Bonchev–Trinajstić information content (AvgIpc) is 2.57. The highest BCUT2D eigenvalue weighted by molar-refractivity contribution is 5.01. The van der Waals surface area contributed by atoms with E-state index in [0.29, 0.717) is 5.41 Å². The van der Waals surface area contributed by atoms with Crippen LogP contribution in [-0.4, -0.2) is 62.3 Å². The molecular weight excluding hydrogens is 188 g/mol. The second-order valence-electron chi connectivity index (χ2n) is 5.52. The van der Waals surface area contributed by atoms with Gasteiger partial charge in [0, 0.05) is 44.7 Å². The number of hydrogen-bond acceptors (Lipinski definition) is 3. The van der Waals surface area contributed by atoms with Gasteiger partial charge in [-0.05, 0) is 26.8 Å². The molecule has 0 atom stereocenters. The van der Waals surface area contributed by atoms with E-state index < -0.39 is 0 Å². The quantitative estimate of drug-likeness (QED) is 0.693. The van der Waals surface area contributed by atoms with Crippen molar-refractivity contribution in [1.82, 2.24) is 9.80 Å². The molecule has 3 nitrogen and oxygen atoms in total. The van der Waals surface area contributed by atoms with Gasteiger partial charge in [0.25, 0.3) is 0 Å². The monoisotopic (exact) mass is 212 g/mol. The first-order chi connectivity index (χ1) is 7.15. The van der Waals surface area contributed by atoms with Gasteiger partial charge >= 0.3 is 0 Å². The van der Waals surface area contributed by atoms with E-state index in [0.717, 1.165) is 19.2 Å². The maximum atomic E-state index is 5.11. The van der Waals surface area contributed by atoms with Crippen molar-refractivity contribution in [2.45, 2.75) is 26.3 Å². The van der Waals surface area contributed by atoms with Crippen molar-refractivity contribution in [2.24, 2.45) is 5.41 Å². The van der Waals surface area contributed by atoms with Crippen LogP contribution in [0.4, 0.5) is 0 Å². The van der Waals surface area contributed by atoms with Crippen LogP contribution in [0.2, 0.25) is 0 Å². The molecule has 2 aliphatic heterocycles. The van der Waals surface area contributed by atoms with Gasteiger partial charge in [-0.2, -0.15) is 0 Å². The first-order valence-corrected chi connectivity index (χ1v) is 6.11. The van der Waals surface area contributed by atoms with Crippen molar-refractivity contribution in [3.05, 3.63) is 0 Å². The third kappa shape index (κ3) is 2.35. The number of nitrogens with zero attached hydrogens (tertiary/aromatic N) is 2. The molecule has 0 aliphatic carbocycles. The molecule has 3 heteroatoms. The molecule has 0 bridgehead atoms. The lowest BCUT2D eigenvalue weighted by Crippen LogP contribution is -2.58. The van der Waals surface area contributed by atoms with Gasteiger partial charge in [-0.3, -0.25) is 4.90 Å². The lowest BCUT2D eigenvalue weighted by Gasteiger charge is -2.48. The van der Waals surface area contributed by atoms with Crippen LogP contribution < -0.4 is 0 Å². The SMILES string of the molecule is COCCN1CC2(CCN(C(C)C)C2)C1. The van der Waals surface area contributed by atoms with Gasteiger partial charge in [0.2, 0.25) is 0 Å². The van der Waals surface area contributed by atoms with E-state index in [4.69, 9.17) is 4.74 Å². The van der Waals surface area contributed by atoms with Crippen molar-refractivity contribution in [1.29, 1.82) is 0 Å². The summed E-state index contributed by atoms with van der Waals surface area (Å²) in [4.78, 5) is 5.14. The van der Waals surface area contributed by atoms with Crippen LogP contribution in [0.5, 0.6) is 0 Å². The van der Waals surface area contributed by atoms with E-state index in [2.05, 4.69) is 23.6 Å². The molecule has 0 aromatic rings. The summed E-state index contributed by atoms with van der Waals surface area (Å²) < 4.78 is 5.11. The minimum absolute atomic E-state index is 0.637. The molecule has 0 N–H and O–H groups in total. The summed E-state index contributed by atoms with van der Waals surface area (Å²) in [7, 11) is 1.78. The van der Waals surface area contributed by atoms with Crippen molar-refractivity contribution in [3.63, 3.8) is 0 Å². The Hall–Kier alpha value is -0.120. The van der Waals surface area contributed by atoms with Crippen LogP contribution in [0, 0.1) is 5.41 Å². The number of hydrogen-bond donors (Lipinski definition) is 0. The molecule has 0 radical (unpaired) electrons. The van der Waals surface area contributed by atoms with Crippen molar-refractivity contribution in [2.75, 3.05) is 46.4 Å². The molecule has 0 unspecified atom stereocenters. The fourth-order valence-corrected chi connectivity index (χ4v) is 2.95. The predicted molar refractivity (Wildman–Crippen MR) is 62.1 cm³/mol. The summed E-state index contributed by atoms with van der Waals surface area (Å²) in [6.45, 7) is 11.8. The van der Waals surface area contributed by atoms with E-state index in [1.807, 2.05) is 0 Å². The van der Waals surface area contributed by atoms with E-state index >= 15 is 0 Å². The Morgan fingerprint density at radius 2 is 2.00 bits per heavy atom. The molecule has 0 aromatic heterocycles. The van der Waals surface area contributed by atoms with Crippen LogP contribution >= 0.6 is 0 Å². The molecule has 0 aromatic carbocycles. The molecule has 2 aliphatic rings. The standard InChI is InChI=1S/C12H24N2O/c1-11(2)14-5-4-12(10-14)8-13(9-12)6-7-15-3/h11H,4-10H2,1-3H3. The fourth-order valence-electron chi connectivity index (χ4n) is 2.95. The molecule has 0 amide bonds. The Bertz CT molecular complexity index is 212. The Labute approximate surface area is 93.4 Å². The Morgan fingerprint density at radius 3 is 2.53 bits per heavy atom. The third-order valence-electron chi connectivity index (χ3n) is 3.93. The lowest BCUT2D eigenvalue weighted by atomic mass is 9.79. The molecular formula is C12H24N2O. The van der Waals surface area contributed by atoms with E-state index in [1.54, 1.807) is 7.11 Å². The minimum atomic E-state index is 0.637. The molecule has 0 saturated carbocycles. The Morgan fingerprint density at radius 1 is 1.27 bits per heavy atom. The molecule has 2 heterocycles. The summed E-state index contributed by atoms with van der Waals surface area (Å²) in [5.41, 5.74) is 0.637. The van der Waals surface area contributed by atoms with Crippen LogP contribution in [0.25, 0.3) is 0 Å². The minimum Gasteiger partial charge on any atom is -0.383 e. The highest BCUT2D eigenvalue weighted by atomic mass is 16.5. The van der Waals surface area contributed by atoms with Crippen LogP contribution in [-0.2, 0) is 4.74 Å². The van der Waals surface area contributed by atoms with E-state index in [-0.39, 0.29) is 0 Å². The van der Waals surface area contributed by atoms with Crippen LogP contribution in [0.15, 0.2) is 0 Å². The second kappa shape index (κ2) is 4.40. The first kappa shape index (κ1) is 11.4.